The number of hydrogen-bond donors (Lipinski definition) is 3. The number of benzene rings is 3. The molecule has 8 heteroatoms. The molecule has 3 rings (SSSR count). The first kappa shape index (κ1) is 25.3. The summed E-state index contributed by atoms with van der Waals surface area (Å²) in [6.07, 6.45) is 0.796. The Morgan fingerprint density at radius 2 is 1.74 bits per heavy atom. The zero-order valence-electron chi connectivity index (χ0n) is 18.8. The van der Waals surface area contributed by atoms with Gasteiger partial charge in [0.2, 0.25) is 11.8 Å². The lowest BCUT2D eigenvalue weighted by Crippen LogP contribution is -2.25. The summed E-state index contributed by atoms with van der Waals surface area (Å²) >= 11 is 7.27. The van der Waals surface area contributed by atoms with Crippen molar-refractivity contribution in [3.63, 3.8) is 0 Å². The number of amides is 2. The number of aryl methyl sites for hydroxylation is 1. The van der Waals surface area contributed by atoms with Gasteiger partial charge in [0.1, 0.15) is 0 Å². The molecule has 0 saturated heterocycles. The number of carboxylic acid groups (broad SMARTS) is 1. The third-order valence-electron chi connectivity index (χ3n) is 5.08. The van der Waals surface area contributed by atoms with Crippen molar-refractivity contribution in [2.75, 3.05) is 10.6 Å². The topological polar surface area (TPSA) is 95.5 Å². The van der Waals surface area contributed by atoms with Gasteiger partial charge in [0.25, 0.3) is 0 Å². The van der Waals surface area contributed by atoms with Gasteiger partial charge in [0, 0.05) is 21.3 Å². The third kappa shape index (κ3) is 7.10. The van der Waals surface area contributed by atoms with Gasteiger partial charge in [-0.05, 0) is 66.9 Å². The van der Waals surface area contributed by atoms with Crippen LogP contribution in [0.5, 0.6) is 0 Å². The first-order valence-electron chi connectivity index (χ1n) is 10.7. The van der Waals surface area contributed by atoms with E-state index in [1.165, 1.54) is 23.9 Å². The maximum absolute atomic E-state index is 12.9. The molecule has 0 aliphatic heterocycles. The Bertz CT molecular complexity index is 1200. The predicted molar refractivity (Wildman–Crippen MR) is 137 cm³/mol. The summed E-state index contributed by atoms with van der Waals surface area (Å²) < 4.78 is 0. The minimum absolute atomic E-state index is 0.114. The lowest BCUT2D eigenvalue weighted by Gasteiger charge is -2.17. The maximum atomic E-state index is 12.9. The van der Waals surface area contributed by atoms with Crippen molar-refractivity contribution in [1.29, 1.82) is 0 Å². The molecule has 0 spiro atoms. The summed E-state index contributed by atoms with van der Waals surface area (Å²) in [7, 11) is 0. The minimum Gasteiger partial charge on any atom is -0.478 e. The molecule has 0 aliphatic carbocycles. The molecule has 3 aromatic rings. The second-order valence-electron chi connectivity index (χ2n) is 7.72. The fraction of sp³-hybridized carbons (Fsp3) is 0.192. The molecule has 1 atom stereocenters. The van der Waals surface area contributed by atoms with E-state index in [1.807, 2.05) is 44.2 Å². The van der Waals surface area contributed by atoms with E-state index in [0.717, 1.165) is 16.0 Å². The van der Waals surface area contributed by atoms with E-state index < -0.39 is 11.2 Å². The van der Waals surface area contributed by atoms with Crippen molar-refractivity contribution in [3.05, 3.63) is 88.4 Å². The third-order valence-corrected chi connectivity index (χ3v) is 6.69. The van der Waals surface area contributed by atoms with Crippen LogP contribution < -0.4 is 10.6 Å². The normalized spacial score (nSPS) is 11.5. The number of thioether (sulfide) groups is 1. The fourth-order valence-corrected chi connectivity index (χ4v) is 4.37. The number of anilines is 2. The predicted octanol–water partition coefficient (Wildman–Crippen LogP) is 6.04. The van der Waals surface area contributed by atoms with Gasteiger partial charge in [0.05, 0.1) is 17.2 Å². The van der Waals surface area contributed by atoms with E-state index in [-0.39, 0.29) is 23.8 Å². The number of carbonyl (C=O) groups excluding carboxylic acids is 2. The molecule has 0 bridgehead atoms. The molecule has 1 unspecified atom stereocenters. The van der Waals surface area contributed by atoms with Gasteiger partial charge < -0.3 is 15.7 Å². The highest BCUT2D eigenvalue weighted by atomic mass is 35.5. The van der Waals surface area contributed by atoms with Crippen LogP contribution in [0, 0.1) is 6.92 Å². The molecule has 0 aliphatic rings. The molecule has 176 valence electrons. The van der Waals surface area contributed by atoms with Crippen LogP contribution in [0.3, 0.4) is 0 Å². The Hall–Kier alpha value is -3.29. The highest BCUT2D eigenvalue weighted by Gasteiger charge is 2.20. The molecule has 0 radical (unpaired) electrons. The molecule has 0 heterocycles. The number of hydrogen-bond acceptors (Lipinski definition) is 4. The van der Waals surface area contributed by atoms with Crippen LogP contribution in [-0.2, 0) is 16.0 Å². The van der Waals surface area contributed by atoms with Crippen molar-refractivity contribution in [2.45, 2.75) is 36.8 Å². The molecule has 2 amide bonds. The summed E-state index contributed by atoms with van der Waals surface area (Å²) in [6, 6.07) is 19.1. The Kier molecular flexibility index (Phi) is 8.73. The molecule has 3 N–H and O–H groups in total. The lowest BCUT2D eigenvalue weighted by molar-refractivity contribution is -0.116. The average molecular weight is 497 g/mol. The minimum atomic E-state index is -1.05. The first-order chi connectivity index (χ1) is 16.2. The van der Waals surface area contributed by atoms with Gasteiger partial charge in [-0.15, -0.1) is 11.8 Å². The smallest absolute Gasteiger partial charge is 0.335 e. The fourth-order valence-electron chi connectivity index (χ4n) is 3.23. The first-order valence-corrected chi connectivity index (χ1v) is 12.0. The SMILES string of the molecule is CCC(Sc1cccc(NC(=O)Cc2ccc(Cl)cc2)c1)C(=O)Nc1cc(C(=O)O)ccc1C. The molecule has 34 heavy (non-hydrogen) atoms. The van der Waals surface area contributed by atoms with Gasteiger partial charge in [-0.1, -0.05) is 42.8 Å². The number of carboxylic acids is 1. The number of halogens is 1. The Labute approximate surface area is 207 Å². The molecule has 6 nitrogen and oxygen atoms in total. The van der Waals surface area contributed by atoms with Gasteiger partial charge in [-0.2, -0.15) is 0 Å². The summed E-state index contributed by atoms with van der Waals surface area (Å²) in [4.78, 5) is 37.4. The van der Waals surface area contributed by atoms with Crippen LogP contribution in [0.15, 0.2) is 71.6 Å². The van der Waals surface area contributed by atoms with Crippen LogP contribution in [-0.4, -0.2) is 28.1 Å². The number of rotatable bonds is 9. The summed E-state index contributed by atoms with van der Waals surface area (Å²) in [5.41, 5.74) is 2.88. The molecular weight excluding hydrogens is 472 g/mol. The van der Waals surface area contributed by atoms with Gasteiger partial charge in [-0.3, -0.25) is 9.59 Å². The standard InChI is InChI=1S/C26H25ClN2O4S/c1-3-23(25(31)29-22-14-18(26(32)33)10-7-16(22)2)34-21-6-4-5-20(15-21)28-24(30)13-17-8-11-19(27)12-9-17/h4-12,14-15,23H,3,13H2,1-2H3,(H,28,30)(H,29,31)(H,32,33). The van der Waals surface area contributed by atoms with Crippen molar-refractivity contribution in [1.82, 2.24) is 0 Å². The van der Waals surface area contributed by atoms with E-state index in [1.54, 1.807) is 24.3 Å². The molecule has 0 fully saturated rings. The number of nitrogens with one attached hydrogen (secondary N) is 2. The lowest BCUT2D eigenvalue weighted by atomic mass is 10.1. The largest absolute Gasteiger partial charge is 0.478 e. The van der Waals surface area contributed by atoms with Crippen molar-refractivity contribution in [2.24, 2.45) is 0 Å². The van der Waals surface area contributed by atoms with E-state index >= 15 is 0 Å². The van der Waals surface area contributed by atoms with Crippen molar-refractivity contribution >= 4 is 52.5 Å². The van der Waals surface area contributed by atoms with Crippen LogP contribution in [0.4, 0.5) is 11.4 Å². The molecule has 0 saturated carbocycles. The van der Waals surface area contributed by atoms with Gasteiger partial charge in [0.15, 0.2) is 0 Å². The van der Waals surface area contributed by atoms with Crippen LogP contribution in [0.2, 0.25) is 5.02 Å². The van der Waals surface area contributed by atoms with Crippen LogP contribution in [0.1, 0.15) is 34.8 Å². The average Bonchev–Trinajstić information content (AvgIpc) is 2.80. The number of carbonyl (C=O) groups is 3. The molecule has 0 aromatic heterocycles. The summed E-state index contributed by atoms with van der Waals surface area (Å²) in [6.45, 7) is 3.72. The van der Waals surface area contributed by atoms with Crippen molar-refractivity contribution in [3.8, 4) is 0 Å². The van der Waals surface area contributed by atoms with E-state index in [2.05, 4.69) is 10.6 Å². The van der Waals surface area contributed by atoms with Crippen LogP contribution in [0.25, 0.3) is 0 Å². The summed E-state index contributed by atoms with van der Waals surface area (Å²) in [5.74, 6) is -1.41. The second kappa shape index (κ2) is 11.7. The zero-order chi connectivity index (χ0) is 24.7. The van der Waals surface area contributed by atoms with Gasteiger partial charge >= 0.3 is 5.97 Å². The van der Waals surface area contributed by atoms with Crippen LogP contribution >= 0.6 is 23.4 Å². The van der Waals surface area contributed by atoms with Gasteiger partial charge in [-0.25, -0.2) is 4.79 Å². The Morgan fingerprint density at radius 1 is 1.00 bits per heavy atom. The van der Waals surface area contributed by atoms with E-state index in [0.29, 0.717) is 22.8 Å². The Balaban J connectivity index is 1.64. The van der Waals surface area contributed by atoms with E-state index in [9.17, 15) is 19.5 Å². The highest BCUT2D eigenvalue weighted by molar-refractivity contribution is 8.00. The molecular formula is C26H25ClN2O4S. The summed E-state index contributed by atoms with van der Waals surface area (Å²) in [5, 5.41) is 15.2. The highest BCUT2D eigenvalue weighted by Crippen LogP contribution is 2.29. The van der Waals surface area contributed by atoms with Crippen molar-refractivity contribution < 1.29 is 19.5 Å². The maximum Gasteiger partial charge on any atom is 0.335 e. The molecule has 3 aromatic carbocycles. The van der Waals surface area contributed by atoms with E-state index in [4.69, 9.17) is 11.6 Å². The monoisotopic (exact) mass is 496 g/mol. The number of aromatic carboxylic acids is 1. The second-order valence-corrected chi connectivity index (χ2v) is 9.43. The Morgan fingerprint density at radius 3 is 2.41 bits per heavy atom. The quantitative estimate of drug-likeness (QED) is 0.314. The zero-order valence-corrected chi connectivity index (χ0v) is 20.4.